The second kappa shape index (κ2) is 8.62. The first kappa shape index (κ1) is 20.4. The molecule has 0 fully saturated rings. The number of sulfonamides is 1. The van der Waals surface area contributed by atoms with Crippen LogP contribution in [0, 0.1) is 0 Å². The summed E-state index contributed by atoms with van der Waals surface area (Å²) < 4.78 is 37.2. The predicted molar refractivity (Wildman–Crippen MR) is 101 cm³/mol. The molecule has 0 aliphatic heterocycles. The topological polar surface area (TPSA) is 72.9 Å². The van der Waals surface area contributed by atoms with Crippen molar-refractivity contribution in [3.63, 3.8) is 0 Å². The van der Waals surface area contributed by atoms with Crippen molar-refractivity contribution in [2.75, 3.05) is 24.6 Å². The average molecular weight is 418 g/mol. The standard InChI is InChI=1S/C17H17Cl2NO5S/c1-3-25-17(21)11-20(13-5-7-14(24-2)8-6-13)26(22,23)16-10-12(18)4-9-15(16)19/h4-10H,3,11H2,1-2H3. The maximum absolute atomic E-state index is 13.1. The molecule has 2 aromatic rings. The molecule has 140 valence electrons. The van der Waals surface area contributed by atoms with Crippen molar-refractivity contribution >= 4 is 44.9 Å². The number of nitrogens with zero attached hydrogens (tertiary/aromatic N) is 1. The molecule has 0 radical (unpaired) electrons. The Hall–Kier alpha value is -1.96. The lowest BCUT2D eigenvalue weighted by Gasteiger charge is -2.24. The third-order valence-electron chi connectivity index (χ3n) is 3.40. The van der Waals surface area contributed by atoms with E-state index in [1.165, 1.54) is 37.4 Å². The molecule has 0 unspecified atom stereocenters. The summed E-state index contributed by atoms with van der Waals surface area (Å²) in [7, 11) is -2.67. The molecule has 0 amide bonds. The fraction of sp³-hybridized carbons (Fsp3) is 0.235. The van der Waals surface area contributed by atoms with Crippen LogP contribution in [0.25, 0.3) is 0 Å². The van der Waals surface area contributed by atoms with Crippen molar-refractivity contribution in [1.29, 1.82) is 0 Å². The van der Waals surface area contributed by atoms with Crippen molar-refractivity contribution < 1.29 is 22.7 Å². The minimum Gasteiger partial charge on any atom is -0.497 e. The summed E-state index contributed by atoms with van der Waals surface area (Å²) in [5.41, 5.74) is 0.259. The quantitative estimate of drug-likeness (QED) is 0.641. The van der Waals surface area contributed by atoms with Gasteiger partial charge in [0.25, 0.3) is 10.0 Å². The molecule has 2 rings (SSSR count). The summed E-state index contributed by atoms with van der Waals surface area (Å²) in [6.45, 7) is 1.26. The highest BCUT2D eigenvalue weighted by Crippen LogP contribution is 2.31. The van der Waals surface area contributed by atoms with Gasteiger partial charge in [0.05, 0.1) is 24.4 Å². The molecule has 0 saturated heterocycles. The van der Waals surface area contributed by atoms with E-state index in [1.807, 2.05) is 0 Å². The smallest absolute Gasteiger partial charge is 0.326 e. The Labute approximate surface area is 162 Å². The molecule has 26 heavy (non-hydrogen) atoms. The van der Waals surface area contributed by atoms with E-state index < -0.39 is 22.5 Å². The molecule has 0 heterocycles. The molecule has 2 aromatic carbocycles. The molecule has 0 aliphatic rings. The van der Waals surface area contributed by atoms with Crippen LogP contribution >= 0.6 is 23.2 Å². The largest absolute Gasteiger partial charge is 0.497 e. The van der Waals surface area contributed by atoms with E-state index in [0.717, 1.165) is 4.31 Å². The average Bonchev–Trinajstić information content (AvgIpc) is 2.62. The fourth-order valence-corrected chi connectivity index (χ4v) is 4.33. The Morgan fingerprint density at radius 3 is 2.35 bits per heavy atom. The Bertz CT molecular complexity index is 885. The van der Waals surface area contributed by atoms with Gasteiger partial charge in [0.15, 0.2) is 0 Å². The molecule has 0 bridgehead atoms. The Kier molecular flexibility index (Phi) is 6.75. The van der Waals surface area contributed by atoms with Crippen LogP contribution in [-0.4, -0.2) is 34.6 Å². The Morgan fingerprint density at radius 2 is 1.77 bits per heavy atom. The molecule has 0 spiro atoms. The van der Waals surface area contributed by atoms with Crippen LogP contribution in [0.2, 0.25) is 10.0 Å². The van der Waals surface area contributed by atoms with Crippen LogP contribution in [0.4, 0.5) is 5.69 Å². The normalized spacial score (nSPS) is 11.1. The summed E-state index contributed by atoms with van der Waals surface area (Å²) in [6.07, 6.45) is 0. The first-order valence-electron chi connectivity index (χ1n) is 7.57. The predicted octanol–water partition coefficient (Wildman–Crippen LogP) is 3.76. The lowest BCUT2D eigenvalue weighted by atomic mass is 10.3. The lowest BCUT2D eigenvalue weighted by Crippen LogP contribution is -2.36. The van der Waals surface area contributed by atoms with Crippen LogP contribution in [0.15, 0.2) is 47.4 Å². The van der Waals surface area contributed by atoms with Crippen LogP contribution in [-0.2, 0) is 19.6 Å². The van der Waals surface area contributed by atoms with Crippen molar-refractivity contribution in [3.05, 3.63) is 52.5 Å². The number of esters is 1. The zero-order chi connectivity index (χ0) is 19.3. The molecule has 0 N–H and O–H groups in total. The SMILES string of the molecule is CCOC(=O)CN(c1ccc(OC)cc1)S(=O)(=O)c1cc(Cl)ccc1Cl. The van der Waals surface area contributed by atoms with Gasteiger partial charge in [-0.2, -0.15) is 0 Å². The molecule has 0 saturated carbocycles. The zero-order valence-electron chi connectivity index (χ0n) is 14.1. The van der Waals surface area contributed by atoms with Crippen LogP contribution in [0.5, 0.6) is 5.75 Å². The third kappa shape index (κ3) is 4.60. The molecular formula is C17H17Cl2NO5S. The number of carbonyl (C=O) groups excluding carboxylic acids is 1. The van der Waals surface area contributed by atoms with E-state index in [4.69, 9.17) is 32.7 Å². The summed E-state index contributed by atoms with van der Waals surface area (Å²) in [4.78, 5) is 11.8. The van der Waals surface area contributed by atoms with Gasteiger partial charge in [-0.25, -0.2) is 8.42 Å². The molecule has 0 aliphatic carbocycles. The number of anilines is 1. The minimum absolute atomic E-state index is 0.00299. The minimum atomic E-state index is -4.16. The highest BCUT2D eigenvalue weighted by Gasteiger charge is 2.30. The van der Waals surface area contributed by atoms with E-state index in [9.17, 15) is 13.2 Å². The summed E-state index contributed by atoms with van der Waals surface area (Å²) in [6, 6.07) is 10.3. The monoisotopic (exact) mass is 417 g/mol. The van der Waals surface area contributed by atoms with Crippen molar-refractivity contribution in [1.82, 2.24) is 0 Å². The number of rotatable bonds is 7. The Balaban J connectivity index is 2.53. The molecule has 0 aromatic heterocycles. The number of ether oxygens (including phenoxy) is 2. The van der Waals surface area contributed by atoms with Gasteiger partial charge in [-0.05, 0) is 49.4 Å². The van der Waals surface area contributed by atoms with Crippen LogP contribution in [0.1, 0.15) is 6.92 Å². The van der Waals surface area contributed by atoms with Gasteiger partial charge in [0, 0.05) is 5.02 Å². The molecule has 9 heteroatoms. The van der Waals surface area contributed by atoms with E-state index in [1.54, 1.807) is 19.1 Å². The van der Waals surface area contributed by atoms with Gasteiger partial charge in [-0.3, -0.25) is 9.10 Å². The number of methoxy groups -OCH3 is 1. The molecule has 6 nitrogen and oxygen atoms in total. The fourth-order valence-electron chi connectivity index (χ4n) is 2.18. The Morgan fingerprint density at radius 1 is 1.12 bits per heavy atom. The molecule has 0 atom stereocenters. The zero-order valence-corrected chi connectivity index (χ0v) is 16.4. The van der Waals surface area contributed by atoms with Gasteiger partial charge in [0.1, 0.15) is 17.2 Å². The number of carbonyl (C=O) groups is 1. The van der Waals surface area contributed by atoms with Crippen LogP contribution < -0.4 is 9.04 Å². The van der Waals surface area contributed by atoms with Gasteiger partial charge in [-0.1, -0.05) is 23.2 Å². The van der Waals surface area contributed by atoms with E-state index in [0.29, 0.717) is 5.75 Å². The van der Waals surface area contributed by atoms with Gasteiger partial charge in [0.2, 0.25) is 0 Å². The number of hydrogen-bond donors (Lipinski definition) is 0. The molecular weight excluding hydrogens is 401 g/mol. The second-order valence-corrected chi connectivity index (χ2v) is 7.76. The van der Waals surface area contributed by atoms with E-state index in [-0.39, 0.29) is 27.2 Å². The van der Waals surface area contributed by atoms with Crippen LogP contribution in [0.3, 0.4) is 0 Å². The highest BCUT2D eigenvalue weighted by molar-refractivity contribution is 7.93. The first-order valence-corrected chi connectivity index (χ1v) is 9.76. The lowest BCUT2D eigenvalue weighted by molar-refractivity contribution is -0.141. The summed E-state index contributed by atoms with van der Waals surface area (Å²) >= 11 is 12.0. The first-order chi connectivity index (χ1) is 12.3. The van der Waals surface area contributed by atoms with E-state index in [2.05, 4.69) is 0 Å². The van der Waals surface area contributed by atoms with Gasteiger partial charge in [-0.15, -0.1) is 0 Å². The number of hydrogen-bond acceptors (Lipinski definition) is 5. The number of halogens is 2. The maximum Gasteiger partial charge on any atom is 0.326 e. The van der Waals surface area contributed by atoms with E-state index >= 15 is 0 Å². The number of benzene rings is 2. The van der Waals surface area contributed by atoms with Crippen molar-refractivity contribution in [2.24, 2.45) is 0 Å². The summed E-state index contributed by atoms with van der Waals surface area (Å²) in [5.74, 6) is -0.145. The maximum atomic E-state index is 13.1. The van der Waals surface area contributed by atoms with Crippen molar-refractivity contribution in [3.8, 4) is 5.75 Å². The highest BCUT2D eigenvalue weighted by atomic mass is 35.5. The van der Waals surface area contributed by atoms with Crippen molar-refractivity contribution in [2.45, 2.75) is 11.8 Å². The summed E-state index contributed by atoms with van der Waals surface area (Å²) in [5, 5.41) is 0.204. The second-order valence-electron chi connectivity index (χ2n) is 5.09. The third-order valence-corrected chi connectivity index (χ3v) is 5.89. The van der Waals surface area contributed by atoms with Gasteiger partial charge >= 0.3 is 5.97 Å². The van der Waals surface area contributed by atoms with Gasteiger partial charge < -0.3 is 9.47 Å².